The van der Waals surface area contributed by atoms with Crippen molar-refractivity contribution < 1.29 is 9.90 Å². The first-order valence-corrected chi connectivity index (χ1v) is 8.63. The maximum atomic E-state index is 12.2. The minimum absolute atomic E-state index is 0.170. The van der Waals surface area contributed by atoms with Crippen molar-refractivity contribution in [2.45, 2.75) is 44.6 Å². The molecule has 2 rings (SSSR count). The fourth-order valence-electron chi connectivity index (χ4n) is 3.08. The molecular weight excluding hydrogens is 330 g/mol. The first-order valence-electron chi connectivity index (χ1n) is 7.84. The van der Waals surface area contributed by atoms with E-state index >= 15 is 0 Å². The highest BCUT2D eigenvalue weighted by atomic mass is 79.9. The van der Waals surface area contributed by atoms with Gasteiger partial charge in [-0.05, 0) is 25.0 Å². The monoisotopic (exact) mass is 353 g/mol. The summed E-state index contributed by atoms with van der Waals surface area (Å²) in [5.74, 6) is 0.182. The maximum Gasteiger partial charge on any atom is 0.164 e. The molecule has 0 aromatic heterocycles. The second-order valence-electron chi connectivity index (χ2n) is 5.73. The lowest BCUT2D eigenvalue weighted by Gasteiger charge is -2.33. The van der Waals surface area contributed by atoms with Crippen LogP contribution >= 0.6 is 15.9 Å². The highest BCUT2D eigenvalue weighted by Crippen LogP contribution is 2.23. The first-order chi connectivity index (χ1) is 10.2. The van der Waals surface area contributed by atoms with E-state index in [-0.39, 0.29) is 12.4 Å². The Kier molecular flexibility index (Phi) is 6.87. The number of hydrogen-bond donors (Lipinski definition) is 1. The quantitative estimate of drug-likeness (QED) is 0.760. The number of hydrogen-bond acceptors (Lipinski definition) is 3. The van der Waals surface area contributed by atoms with Crippen LogP contribution in [0.15, 0.2) is 28.7 Å². The maximum absolute atomic E-state index is 12.2. The van der Waals surface area contributed by atoms with Gasteiger partial charge < -0.3 is 5.11 Å². The van der Waals surface area contributed by atoms with E-state index in [2.05, 4.69) is 20.8 Å². The van der Waals surface area contributed by atoms with Gasteiger partial charge in [-0.1, -0.05) is 47.3 Å². The number of benzene rings is 1. The summed E-state index contributed by atoms with van der Waals surface area (Å²) >= 11 is 3.38. The molecule has 0 aliphatic heterocycles. The largest absolute Gasteiger partial charge is 0.395 e. The Morgan fingerprint density at radius 2 is 1.81 bits per heavy atom. The van der Waals surface area contributed by atoms with E-state index in [4.69, 9.17) is 0 Å². The SMILES string of the molecule is O=C(CCN(CCO)C1CCCCC1)c1ccc(Br)cc1. The molecule has 0 radical (unpaired) electrons. The summed E-state index contributed by atoms with van der Waals surface area (Å²) in [4.78, 5) is 14.5. The number of halogens is 1. The number of carbonyl (C=O) groups is 1. The highest BCUT2D eigenvalue weighted by Gasteiger charge is 2.21. The summed E-state index contributed by atoms with van der Waals surface area (Å²) in [5, 5.41) is 9.25. The van der Waals surface area contributed by atoms with Gasteiger partial charge in [0, 0.05) is 35.6 Å². The minimum Gasteiger partial charge on any atom is -0.395 e. The smallest absolute Gasteiger partial charge is 0.164 e. The zero-order valence-electron chi connectivity index (χ0n) is 12.4. The van der Waals surface area contributed by atoms with E-state index in [1.54, 1.807) is 0 Å². The molecular formula is C17H24BrNO2. The van der Waals surface area contributed by atoms with Gasteiger partial charge in [0.05, 0.1) is 6.61 Å². The summed E-state index contributed by atoms with van der Waals surface area (Å²) < 4.78 is 0.989. The third-order valence-corrected chi connectivity index (χ3v) is 4.80. The number of Topliss-reactive ketones (excluding diaryl/α,β-unsaturated/α-hetero) is 1. The lowest BCUT2D eigenvalue weighted by molar-refractivity contribution is 0.0903. The molecule has 0 saturated heterocycles. The van der Waals surface area contributed by atoms with Gasteiger partial charge in [-0.25, -0.2) is 0 Å². The Morgan fingerprint density at radius 3 is 2.43 bits per heavy atom. The highest BCUT2D eigenvalue weighted by molar-refractivity contribution is 9.10. The summed E-state index contributed by atoms with van der Waals surface area (Å²) in [6.45, 7) is 1.60. The van der Waals surface area contributed by atoms with Crippen molar-refractivity contribution in [2.24, 2.45) is 0 Å². The van der Waals surface area contributed by atoms with E-state index in [9.17, 15) is 9.90 Å². The van der Waals surface area contributed by atoms with Crippen LogP contribution in [0.4, 0.5) is 0 Å². The molecule has 0 bridgehead atoms. The van der Waals surface area contributed by atoms with Crippen LogP contribution in [0.25, 0.3) is 0 Å². The minimum atomic E-state index is 0.170. The standard InChI is InChI=1S/C17H24BrNO2/c18-15-8-6-14(7-9-15)17(21)10-11-19(12-13-20)16-4-2-1-3-5-16/h6-9,16,20H,1-5,10-13H2. The molecule has 0 atom stereocenters. The van der Waals surface area contributed by atoms with Crippen LogP contribution in [0, 0.1) is 0 Å². The molecule has 0 unspecified atom stereocenters. The lowest BCUT2D eigenvalue weighted by atomic mass is 9.94. The predicted molar refractivity (Wildman–Crippen MR) is 88.6 cm³/mol. The van der Waals surface area contributed by atoms with Gasteiger partial charge in [-0.2, -0.15) is 0 Å². The van der Waals surface area contributed by atoms with Crippen molar-refractivity contribution in [1.82, 2.24) is 4.90 Å². The molecule has 1 saturated carbocycles. The van der Waals surface area contributed by atoms with Crippen LogP contribution in [0.5, 0.6) is 0 Å². The second-order valence-corrected chi connectivity index (χ2v) is 6.65. The third-order valence-electron chi connectivity index (χ3n) is 4.27. The molecule has 1 aromatic rings. The van der Waals surface area contributed by atoms with Crippen LogP contribution < -0.4 is 0 Å². The van der Waals surface area contributed by atoms with Crippen molar-refractivity contribution >= 4 is 21.7 Å². The molecule has 0 heterocycles. The van der Waals surface area contributed by atoms with Gasteiger partial charge in [0.1, 0.15) is 0 Å². The van der Waals surface area contributed by atoms with E-state index in [0.717, 1.165) is 16.6 Å². The van der Waals surface area contributed by atoms with Gasteiger partial charge >= 0.3 is 0 Å². The van der Waals surface area contributed by atoms with Gasteiger partial charge in [0.2, 0.25) is 0 Å². The summed E-state index contributed by atoms with van der Waals surface area (Å²) in [6, 6.07) is 8.08. The zero-order valence-corrected chi connectivity index (χ0v) is 14.0. The Labute approximate surface area is 135 Å². The van der Waals surface area contributed by atoms with E-state index in [1.165, 1.54) is 32.1 Å². The van der Waals surface area contributed by atoms with Crippen LogP contribution in [-0.2, 0) is 0 Å². The summed E-state index contributed by atoms with van der Waals surface area (Å²) in [6.07, 6.45) is 6.79. The van der Waals surface area contributed by atoms with Crippen LogP contribution in [0.3, 0.4) is 0 Å². The normalized spacial score (nSPS) is 16.3. The van der Waals surface area contributed by atoms with Crippen molar-refractivity contribution in [2.75, 3.05) is 19.7 Å². The van der Waals surface area contributed by atoms with Crippen molar-refractivity contribution in [3.8, 4) is 0 Å². The molecule has 1 aliphatic rings. The van der Waals surface area contributed by atoms with Crippen LogP contribution in [0.2, 0.25) is 0 Å². The van der Waals surface area contributed by atoms with Crippen molar-refractivity contribution in [3.05, 3.63) is 34.3 Å². The van der Waals surface area contributed by atoms with E-state index < -0.39 is 0 Å². The predicted octanol–water partition coefficient (Wildman–Crippen LogP) is 3.65. The average Bonchev–Trinajstić information content (AvgIpc) is 2.52. The summed E-state index contributed by atoms with van der Waals surface area (Å²) in [5.41, 5.74) is 0.769. The molecule has 4 heteroatoms. The summed E-state index contributed by atoms with van der Waals surface area (Å²) in [7, 11) is 0. The van der Waals surface area contributed by atoms with Crippen molar-refractivity contribution in [3.63, 3.8) is 0 Å². The van der Waals surface area contributed by atoms with Gasteiger partial charge in [0.25, 0.3) is 0 Å². The number of nitrogens with zero attached hydrogens (tertiary/aromatic N) is 1. The fraction of sp³-hybridized carbons (Fsp3) is 0.588. The average molecular weight is 354 g/mol. The second kappa shape index (κ2) is 8.66. The van der Waals surface area contributed by atoms with Gasteiger partial charge in [-0.15, -0.1) is 0 Å². The third kappa shape index (κ3) is 5.20. The number of aliphatic hydroxyl groups excluding tert-OH is 1. The number of carbonyl (C=O) groups excluding carboxylic acids is 1. The number of aliphatic hydroxyl groups is 1. The molecule has 1 aliphatic carbocycles. The van der Waals surface area contributed by atoms with E-state index in [0.29, 0.717) is 19.0 Å². The Balaban J connectivity index is 1.88. The molecule has 21 heavy (non-hydrogen) atoms. The topological polar surface area (TPSA) is 40.5 Å². The molecule has 116 valence electrons. The van der Waals surface area contributed by atoms with Gasteiger partial charge in [-0.3, -0.25) is 9.69 Å². The van der Waals surface area contributed by atoms with Crippen molar-refractivity contribution in [1.29, 1.82) is 0 Å². The lowest BCUT2D eigenvalue weighted by Crippen LogP contribution is -2.40. The number of ketones is 1. The Bertz CT molecular complexity index is 441. The number of rotatable bonds is 7. The molecule has 3 nitrogen and oxygen atoms in total. The molecule has 1 fully saturated rings. The Hall–Kier alpha value is -0.710. The molecule has 0 spiro atoms. The van der Waals surface area contributed by atoms with Gasteiger partial charge in [0.15, 0.2) is 5.78 Å². The fourth-order valence-corrected chi connectivity index (χ4v) is 3.34. The van der Waals surface area contributed by atoms with E-state index in [1.807, 2.05) is 24.3 Å². The molecule has 1 N–H and O–H groups in total. The molecule has 1 aromatic carbocycles. The Morgan fingerprint density at radius 1 is 1.14 bits per heavy atom. The zero-order chi connectivity index (χ0) is 15.1. The first kappa shape index (κ1) is 16.7. The molecule has 0 amide bonds. The van der Waals surface area contributed by atoms with Crippen LogP contribution in [-0.4, -0.2) is 41.5 Å². The van der Waals surface area contributed by atoms with Crippen LogP contribution in [0.1, 0.15) is 48.9 Å².